The van der Waals surface area contributed by atoms with Gasteiger partial charge in [-0.05, 0) is 59.9 Å². The van der Waals surface area contributed by atoms with E-state index in [1.807, 2.05) is 0 Å². The van der Waals surface area contributed by atoms with Crippen molar-refractivity contribution in [2.24, 2.45) is 17.8 Å². The van der Waals surface area contributed by atoms with Crippen LogP contribution in [0.1, 0.15) is 32.3 Å². The number of carbonyl (C=O) groups is 4. The Hall–Kier alpha value is -4.64. The summed E-state index contributed by atoms with van der Waals surface area (Å²) in [7, 11) is 3.03. The molecule has 0 spiro atoms. The molecule has 0 aromatic heterocycles. The second kappa shape index (κ2) is 12.0. The lowest BCUT2D eigenvalue weighted by Crippen LogP contribution is -2.61. The van der Waals surface area contributed by atoms with Crippen LogP contribution in [0.25, 0.3) is 0 Å². The molecule has 2 aliphatic carbocycles. The van der Waals surface area contributed by atoms with Crippen LogP contribution in [-0.4, -0.2) is 72.8 Å². The number of para-hydroxylation sites is 1. The Balaban J connectivity index is 1.52. The zero-order valence-corrected chi connectivity index (χ0v) is 25.6. The number of imide groups is 1. The number of methoxy groups -OCH3 is 2. The summed E-state index contributed by atoms with van der Waals surface area (Å²) in [4.78, 5) is 57.4. The molecule has 2 aliphatic heterocycles. The molecule has 4 aliphatic rings. The van der Waals surface area contributed by atoms with Gasteiger partial charge in [-0.3, -0.25) is 19.2 Å². The molecule has 0 radical (unpaired) electrons. The van der Waals surface area contributed by atoms with E-state index in [1.54, 1.807) is 54.6 Å². The number of carbonyl (C=O) groups excluding carboxylic acids is 4. The molecule has 6 atom stereocenters. The monoisotopic (exact) mass is 616 g/mol. The first-order valence-electron chi connectivity index (χ1n) is 15.0. The Bertz CT molecular complexity index is 1600. The van der Waals surface area contributed by atoms with Gasteiger partial charge in [0.15, 0.2) is 17.6 Å². The highest BCUT2D eigenvalue weighted by atomic mass is 16.6. The van der Waals surface area contributed by atoms with E-state index in [0.717, 1.165) is 5.57 Å². The highest BCUT2D eigenvalue weighted by Crippen LogP contribution is 2.55. The molecular weight excluding hydrogens is 580 g/mol. The molecular formula is C34H36N2O9. The van der Waals surface area contributed by atoms with Gasteiger partial charge in [-0.15, -0.1) is 0 Å². The van der Waals surface area contributed by atoms with Gasteiger partial charge in [0.25, 0.3) is 0 Å². The minimum Gasteiger partial charge on any atom is -0.493 e. The predicted molar refractivity (Wildman–Crippen MR) is 161 cm³/mol. The number of allylic oxidation sites excluding steroid dienone is 1. The van der Waals surface area contributed by atoms with Crippen LogP contribution in [0.3, 0.4) is 0 Å². The average Bonchev–Trinajstić information content (AvgIpc) is 3.30. The molecule has 45 heavy (non-hydrogen) atoms. The summed E-state index contributed by atoms with van der Waals surface area (Å²) in [6, 6.07) is 13.0. The van der Waals surface area contributed by atoms with Gasteiger partial charge in [0.1, 0.15) is 11.9 Å². The van der Waals surface area contributed by atoms with Crippen molar-refractivity contribution in [3.63, 3.8) is 0 Å². The van der Waals surface area contributed by atoms with E-state index < -0.39 is 47.9 Å². The molecule has 11 nitrogen and oxygen atoms in total. The molecule has 236 valence electrons. The normalized spacial score (nSPS) is 27.0. The van der Waals surface area contributed by atoms with Crippen molar-refractivity contribution in [3.05, 3.63) is 77.1 Å². The summed E-state index contributed by atoms with van der Waals surface area (Å²) < 4.78 is 22.8. The maximum Gasteiger partial charge on any atom is 0.303 e. The van der Waals surface area contributed by atoms with Crippen molar-refractivity contribution in [1.82, 2.24) is 4.90 Å². The predicted octanol–water partition coefficient (Wildman–Crippen LogP) is 3.15. The number of rotatable bonds is 7. The lowest BCUT2D eigenvalue weighted by Gasteiger charge is -2.50. The summed E-state index contributed by atoms with van der Waals surface area (Å²) in [5.41, 5.74) is 2.39. The zero-order chi connectivity index (χ0) is 32.0. The van der Waals surface area contributed by atoms with E-state index >= 15 is 0 Å². The Morgan fingerprint density at radius 1 is 1.00 bits per heavy atom. The summed E-state index contributed by atoms with van der Waals surface area (Å²) in [5, 5.41) is 11.5. The SMILES string of the molecule is COc1ccc(CN(C(C)=O)[C@@H]2[C@@H](OC(C)=O)[C@H](O)C=C3C4=C(CCCO4)[C@H]4C(=O)N(c5ccccc5)C(=O)[C@H]4[C@H]32)cc1OC. The quantitative estimate of drug-likeness (QED) is 0.368. The summed E-state index contributed by atoms with van der Waals surface area (Å²) in [6.45, 7) is 3.05. The number of benzene rings is 2. The topological polar surface area (TPSA) is 132 Å². The lowest BCUT2D eigenvalue weighted by atomic mass is 9.62. The molecule has 0 saturated carbocycles. The van der Waals surface area contributed by atoms with Gasteiger partial charge in [0.05, 0.1) is 44.4 Å². The van der Waals surface area contributed by atoms with Gasteiger partial charge in [-0.1, -0.05) is 24.3 Å². The fraction of sp³-hybridized carbons (Fsp3) is 0.412. The molecule has 6 rings (SSSR count). The highest BCUT2D eigenvalue weighted by molar-refractivity contribution is 6.23. The Morgan fingerprint density at radius 3 is 2.40 bits per heavy atom. The summed E-state index contributed by atoms with van der Waals surface area (Å²) in [5.74, 6) is -2.96. The van der Waals surface area contributed by atoms with E-state index in [1.165, 1.54) is 37.9 Å². The molecule has 2 heterocycles. The fourth-order valence-corrected chi connectivity index (χ4v) is 7.38. The number of aliphatic hydroxyl groups is 1. The maximum absolute atomic E-state index is 14.5. The lowest BCUT2D eigenvalue weighted by molar-refractivity contribution is -0.165. The van der Waals surface area contributed by atoms with E-state index in [9.17, 15) is 24.3 Å². The zero-order valence-electron chi connectivity index (χ0n) is 25.6. The molecule has 11 heteroatoms. The van der Waals surface area contributed by atoms with Gasteiger partial charge < -0.3 is 29.0 Å². The third-order valence-electron chi connectivity index (χ3n) is 9.14. The molecule has 0 unspecified atom stereocenters. The van der Waals surface area contributed by atoms with Crippen LogP contribution in [0.4, 0.5) is 5.69 Å². The van der Waals surface area contributed by atoms with Crippen LogP contribution in [0.2, 0.25) is 0 Å². The second-order valence-corrected chi connectivity index (χ2v) is 11.7. The average molecular weight is 617 g/mol. The Kier molecular flexibility index (Phi) is 8.13. The number of aliphatic hydroxyl groups excluding tert-OH is 1. The van der Waals surface area contributed by atoms with E-state index in [-0.39, 0.29) is 18.4 Å². The van der Waals surface area contributed by atoms with Gasteiger partial charge >= 0.3 is 5.97 Å². The molecule has 1 fully saturated rings. The fourth-order valence-electron chi connectivity index (χ4n) is 7.38. The largest absolute Gasteiger partial charge is 0.493 e. The number of nitrogens with zero attached hydrogens (tertiary/aromatic N) is 2. The van der Waals surface area contributed by atoms with Gasteiger partial charge in [-0.25, -0.2) is 4.90 Å². The molecule has 3 amide bonds. The molecule has 1 saturated heterocycles. The number of amides is 3. The van der Waals surface area contributed by atoms with Gasteiger partial charge in [-0.2, -0.15) is 0 Å². The van der Waals surface area contributed by atoms with Gasteiger partial charge in [0, 0.05) is 26.3 Å². The standard InChI is InChI=1S/C34H36N2O9/c1-18(37)35(17-20-12-13-25(42-3)26(15-20)43-4)30-27-23(16-24(39)32(30)45-19(2)38)31-22(11-8-14-44-31)28-29(27)34(41)36(33(28)40)21-9-6-5-7-10-21/h5-7,9-10,12-13,15-16,24,27-30,32,39H,8,11,14,17H2,1-4H3/t24-,27+,28-,29+,30+,32+/m1/s1. The first kappa shape index (κ1) is 30.4. The smallest absolute Gasteiger partial charge is 0.303 e. The number of fused-ring (bicyclic) bond motifs is 5. The van der Waals surface area contributed by atoms with Crippen LogP contribution < -0.4 is 14.4 Å². The summed E-state index contributed by atoms with van der Waals surface area (Å²) in [6.07, 6.45) is 0.251. The first-order valence-corrected chi connectivity index (χ1v) is 15.0. The molecule has 2 aromatic rings. The first-order chi connectivity index (χ1) is 21.7. The number of hydrogen-bond acceptors (Lipinski definition) is 9. The minimum absolute atomic E-state index is 0.0311. The van der Waals surface area contributed by atoms with Crippen molar-refractivity contribution in [2.45, 2.75) is 51.5 Å². The summed E-state index contributed by atoms with van der Waals surface area (Å²) >= 11 is 0. The highest BCUT2D eigenvalue weighted by Gasteiger charge is 2.63. The van der Waals surface area contributed by atoms with E-state index in [0.29, 0.717) is 53.5 Å². The van der Waals surface area contributed by atoms with Crippen LogP contribution in [0.5, 0.6) is 11.5 Å². The second-order valence-electron chi connectivity index (χ2n) is 11.7. The van der Waals surface area contributed by atoms with Crippen molar-refractivity contribution < 1.29 is 43.2 Å². The van der Waals surface area contributed by atoms with E-state index in [2.05, 4.69) is 0 Å². The third-order valence-corrected chi connectivity index (χ3v) is 9.14. The van der Waals surface area contributed by atoms with E-state index in [4.69, 9.17) is 18.9 Å². The number of hydrogen-bond donors (Lipinski definition) is 1. The van der Waals surface area contributed by atoms with Crippen molar-refractivity contribution >= 4 is 29.4 Å². The molecule has 2 aromatic carbocycles. The van der Waals surface area contributed by atoms with Gasteiger partial charge in [0.2, 0.25) is 17.7 Å². The number of anilines is 1. The van der Waals surface area contributed by atoms with Crippen LogP contribution in [0.15, 0.2) is 71.5 Å². The number of esters is 1. The maximum atomic E-state index is 14.5. The Morgan fingerprint density at radius 2 is 1.73 bits per heavy atom. The Labute approximate surface area is 261 Å². The van der Waals surface area contributed by atoms with Crippen molar-refractivity contribution in [1.29, 1.82) is 0 Å². The van der Waals surface area contributed by atoms with Crippen molar-refractivity contribution in [3.8, 4) is 11.5 Å². The minimum atomic E-state index is -1.31. The van der Waals surface area contributed by atoms with Crippen LogP contribution >= 0.6 is 0 Å². The molecule has 1 N–H and O–H groups in total. The number of ether oxygens (including phenoxy) is 4. The van der Waals surface area contributed by atoms with Crippen LogP contribution in [-0.2, 0) is 35.2 Å². The third kappa shape index (κ3) is 5.14. The van der Waals surface area contributed by atoms with Crippen molar-refractivity contribution in [2.75, 3.05) is 25.7 Å². The van der Waals surface area contributed by atoms with Crippen LogP contribution in [0, 0.1) is 17.8 Å². The molecule has 0 bridgehead atoms.